The number of aryl methyl sites for hydroxylation is 1. The fourth-order valence-electron chi connectivity index (χ4n) is 4.03. The molecule has 2 aliphatic heterocycles. The van der Waals surface area contributed by atoms with Crippen LogP contribution in [0.5, 0.6) is 0 Å². The predicted molar refractivity (Wildman–Crippen MR) is 87.6 cm³/mol. The average Bonchev–Trinajstić information content (AvgIpc) is 3.22. The molecule has 0 amide bonds. The lowest BCUT2D eigenvalue weighted by atomic mass is 9.95. The molecule has 0 aliphatic carbocycles. The molecule has 118 valence electrons. The van der Waals surface area contributed by atoms with Crippen LogP contribution in [-0.4, -0.2) is 35.6 Å². The van der Waals surface area contributed by atoms with Crippen molar-refractivity contribution in [2.75, 3.05) is 7.11 Å². The van der Waals surface area contributed by atoms with E-state index in [1.54, 1.807) is 0 Å². The summed E-state index contributed by atoms with van der Waals surface area (Å²) in [4.78, 5) is 14.6. The van der Waals surface area contributed by atoms with E-state index in [2.05, 4.69) is 54.3 Å². The van der Waals surface area contributed by atoms with Crippen LogP contribution in [0.4, 0.5) is 0 Å². The number of carbonyl (C=O) groups is 1. The molecule has 1 aromatic carbocycles. The molecule has 0 spiro atoms. The molecule has 3 rings (SSSR count). The van der Waals surface area contributed by atoms with E-state index in [9.17, 15) is 4.79 Å². The van der Waals surface area contributed by atoms with E-state index >= 15 is 0 Å². The molecule has 0 bridgehead atoms. The Morgan fingerprint density at radius 1 is 1.32 bits per heavy atom. The maximum Gasteiger partial charge on any atom is 0.328 e. The number of methoxy groups -OCH3 is 1. The maximum absolute atomic E-state index is 12.2. The average molecular weight is 299 g/mol. The number of carbonyl (C=O) groups excluding carboxylic acids is 1. The number of hydrogen-bond donors (Lipinski definition) is 0. The van der Waals surface area contributed by atoms with E-state index in [4.69, 9.17) is 4.74 Å². The molecule has 3 heteroatoms. The molecule has 0 saturated carbocycles. The van der Waals surface area contributed by atoms with Crippen molar-refractivity contribution >= 4 is 5.97 Å². The number of fused-ring (bicyclic) bond motifs is 1. The Morgan fingerprint density at radius 3 is 2.82 bits per heavy atom. The van der Waals surface area contributed by atoms with Crippen molar-refractivity contribution in [1.29, 1.82) is 0 Å². The molecular weight excluding hydrogens is 274 g/mol. The molecule has 1 aromatic rings. The van der Waals surface area contributed by atoms with Crippen molar-refractivity contribution in [2.24, 2.45) is 0 Å². The van der Waals surface area contributed by atoms with Gasteiger partial charge in [-0.25, -0.2) is 4.79 Å². The summed E-state index contributed by atoms with van der Waals surface area (Å²) >= 11 is 0. The minimum absolute atomic E-state index is 0.0586. The molecule has 0 N–H and O–H groups in total. The number of esters is 1. The molecule has 22 heavy (non-hydrogen) atoms. The van der Waals surface area contributed by atoms with Crippen LogP contribution in [0.1, 0.15) is 38.2 Å². The first-order chi connectivity index (χ1) is 10.7. The molecule has 0 radical (unpaired) electrons. The number of nitrogens with zero attached hydrogens (tertiary/aromatic N) is 1. The van der Waals surface area contributed by atoms with Crippen molar-refractivity contribution in [3.63, 3.8) is 0 Å². The topological polar surface area (TPSA) is 29.3 Å². The van der Waals surface area contributed by atoms with Gasteiger partial charge in [0.15, 0.2) is 0 Å². The Labute approximate surface area is 133 Å². The van der Waals surface area contributed by atoms with E-state index < -0.39 is 0 Å². The van der Waals surface area contributed by atoms with Crippen molar-refractivity contribution in [3.05, 3.63) is 48.0 Å². The van der Waals surface area contributed by atoms with Crippen LogP contribution in [0.25, 0.3) is 0 Å². The quantitative estimate of drug-likeness (QED) is 0.349. The van der Waals surface area contributed by atoms with Gasteiger partial charge in [-0.15, -0.1) is 0 Å². The Bertz CT molecular complexity index is 554. The van der Waals surface area contributed by atoms with Crippen molar-refractivity contribution in [2.45, 2.75) is 56.7 Å². The summed E-state index contributed by atoms with van der Waals surface area (Å²) in [5, 5.41) is 0. The molecular formula is C19H25NO2. The van der Waals surface area contributed by atoms with E-state index in [1.165, 1.54) is 19.1 Å². The fraction of sp³-hybridized carbons (Fsp3) is 0.526. The maximum atomic E-state index is 12.2. The zero-order chi connectivity index (χ0) is 15.6. The predicted octanol–water partition coefficient (Wildman–Crippen LogP) is 3.34. The Morgan fingerprint density at radius 2 is 2.09 bits per heavy atom. The fourth-order valence-corrected chi connectivity index (χ4v) is 4.03. The van der Waals surface area contributed by atoms with Crippen molar-refractivity contribution in [3.8, 4) is 0 Å². The Kier molecular flexibility index (Phi) is 4.34. The van der Waals surface area contributed by atoms with Gasteiger partial charge in [0.05, 0.1) is 7.11 Å². The number of unbranched alkanes of at least 4 members (excludes halogenated alkanes) is 1. The second kappa shape index (κ2) is 6.25. The zero-order valence-electron chi connectivity index (χ0n) is 13.5. The van der Waals surface area contributed by atoms with Gasteiger partial charge in [-0.2, -0.15) is 0 Å². The van der Waals surface area contributed by atoms with Gasteiger partial charge in [0.25, 0.3) is 0 Å². The third-order valence-corrected chi connectivity index (χ3v) is 5.14. The molecule has 2 aliphatic rings. The third-order valence-electron chi connectivity index (χ3n) is 5.14. The highest BCUT2D eigenvalue weighted by Crippen LogP contribution is 2.51. The minimum atomic E-state index is -0.365. The molecule has 2 heterocycles. The van der Waals surface area contributed by atoms with Gasteiger partial charge in [-0.1, -0.05) is 48.9 Å². The summed E-state index contributed by atoms with van der Waals surface area (Å²) in [5.74, 6) is -0.0586. The highest BCUT2D eigenvalue weighted by Gasteiger charge is 2.69. The second-order valence-corrected chi connectivity index (χ2v) is 6.44. The lowest BCUT2D eigenvalue weighted by Crippen LogP contribution is -2.35. The number of benzene rings is 1. The number of rotatable bonds is 6. The first kappa shape index (κ1) is 15.3. The standard InChI is InChI=1S/C19H25NO2/c1-15-9-8-14-19(18(21)22-2)17(20(15)19)13-7-6-12-16-10-4-3-5-11-16/h3-5,8-11,15,17H,6-7,12-14H2,1-2H3/t15-,17-,19-,20?/m0/s1. The van der Waals surface area contributed by atoms with Crippen LogP contribution in [-0.2, 0) is 16.0 Å². The van der Waals surface area contributed by atoms with Gasteiger partial charge in [0.2, 0.25) is 0 Å². The summed E-state index contributed by atoms with van der Waals surface area (Å²) in [6.07, 6.45) is 9.66. The van der Waals surface area contributed by atoms with E-state index in [-0.39, 0.29) is 11.5 Å². The van der Waals surface area contributed by atoms with Crippen LogP contribution in [0.3, 0.4) is 0 Å². The normalized spacial score (nSPS) is 32.4. The summed E-state index contributed by atoms with van der Waals surface area (Å²) in [7, 11) is 1.50. The van der Waals surface area contributed by atoms with Gasteiger partial charge in [-0.05, 0) is 38.2 Å². The van der Waals surface area contributed by atoms with Gasteiger partial charge in [0, 0.05) is 12.1 Å². The van der Waals surface area contributed by atoms with E-state index in [1.807, 2.05) is 0 Å². The number of ether oxygens (including phenoxy) is 1. The third kappa shape index (κ3) is 2.58. The van der Waals surface area contributed by atoms with Crippen LogP contribution in [0, 0.1) is 0 Å². The summed E-state index contributed by atoms with van der Waals surface area (Å²) in [6.45, 7) is 2.16. The lowest BCUT2D eigenvalue weighted by molar-refractivity contribution is -0.145. The number of hydrogen-bond acceptors (Lipinski definition) is 3. The summed E-state index contributed by atoms with van der Waals surface area (Å²) in [6, 6.07) is 11.3. The smallest absolute Gasteiger partial charge is 0.328 e. The van der Waals surface area contributed by atoms with Crippen molar-refractivity contribution < 1.29 is 9.53 Å². The van der Waals surface area contributed by atoms with Crippen LogP contribution < -0.4 is 0 Å². The highest BCUT2D eigenvalue weighted by atomic mass is 16.5. The molecule has 1 saturated heterocycles. The summed E-state index contributed by atoms with van der Waals surface area (Å²) < 4.78 is 5.07. The Hall–Kier alpha value is -1.61. The lowest BCUT2D eigenvalue weighted by Gasteiger charge is -2.20. The highest BCUT2D eigenvalue weighted by molar-refractivity contribution is 5.86. The molecule has 0 aromatic heterocycles. The molecule has 1 unspecified atom stereocenters. The van der Waals surface area contributed by atoms with E-state index in [0.717, 1.165) is 25.7 Å². The monoisotopic (exact) mass is 299 g/mol. The summed E-state index contributed by atoms with van der Waals surface area (Å²) in [5.41, 5.74) is 1.03. The molecule has 4 atom stereocenters. The van der Waals surface area contributed by atoms with Crippen molar-refractivity contribution in [1.82, 2.24) is 4.90 Å². The van der Waals surface area contributed by atoms with Gasteiger partial charge >= 0.3 is 5.97 Å². The first-order valence-electron chi connectivity index (χ1n) is 8.27. The van der Waals surface area contributed by atoms with Crippen LogP contribution in [0.15, 0.2) is 42.5 Å². The first-order valence-corrected chi connectivity index (χ1v) is 8.27. The van der Waals surface area contributed by atoms with Gasteiger partial charge in [-0.3, -0.25) is 4.90 Å². The largest absolute Gasteiger partial charge is 0.468 e. The van der Waals surface area contributed by atoms with Crippen LogP contribution >= 0.6 is 0 Å². The SMILES string of the molecule is COC(=O)[C@@]12CC=C[C@H](C)N1[C@H]2CCCCc1ccccc1. The van der Waals surface area contributed by atoms with Gasteiger partial charge in [0.1, 0.15) is 5.54 Å². The minimum Gasteiger partial charge on any atom is -0.468 e. The Balaban J connectivity index is 1.53. The van der Waals surface area contributed by atoms with Gasteiger partial charge < -0.3 is 4.74 Å². The second-order valence-electron chi connectivity index (χ2n) is 6.44. The molecule has 3 nitrogen and oxygen atoms in total. The molecule has 1 fully saturated rings. The van der Waals surface area contributed by atoms with E-state index in [0.29, 0.717) is 12.1 Å². The van der Waals surface area contributed by atoms with Crippen LogP contribution in [0.2, 0.25) is 0 Å². The zero-order valence-corrected chi connectivity index (χ0v) is 13.5.